The van der Waals surface area contributed by atoms with E-state index >= 15 is 0 Å². The van der Waals surface area contributed by atoms with E-state index < -0.39 is 6.10 Å². The lowest BCUT2D eigenvalue weighted by Crippen LogP contribution is -2.30. The Morgan fingerprint density at radius 2 is 0.562 bits per heavy atom. The number of unbranched alkanes of at least 4 members (excludes halogenated alkanes) is 25. The van der Waals surface area contributed by atoms with Gasteiger partial charge in [0.05, 0.1) is 0 Å². The topological polar surface area (TPSA) is 78.9 Å². The van der Waals surface area contributed by atoms with Gasteiger partial charge in [-0.2, -0.15) is 0 Å². The van der Waals surface area contributed by atoms with Gasteiger partial charge in [-0.05, 0) is 96.3 Å². The lowest BCUT2D eigenvalue weighted by molar-refractivity contribution is -0.167. The second-order valence-electron chi connectivity index (χ2n) is 17.8. The van der Waals surface area contributed by atoms with Crippen LogP contribution in [0.2, 0.25) is 0 Å². The van der Waals surface area contributed by atoms with Gasteiger partial charge in [0.1, 0.15) is 13.2 Å². The summed E-state index contributed by atoms with van der Waals surface area (Å²) in [7, 11) is 0. The first kappa shape index (κ1) is 60.9. The molecule has 0 rings (SSSR count). The van der Waals surface area contributed by atoms with Crippen molar-refractivity contribution in [2.24, 2.45) is 0 Å². The Kier molecular flexibility index (Phi) is 49.9. The minimum absolute atomic E-state index is 0.0964. The highest BCUT2D eigenvalue weighted by atomic mass is 16.6. The number of rotatable bonds is 48. The zero-order valence-electron chi connectivity index (χ0n) is 42.0. The third kappa shape index (κ3) is 49.9. The number of carbonyl (C=O) groups is 3. The van der Waals surface area contributed by atoms with Crippen LogP contribution >= 0.6 is 0 Å². The van der Waals surface area contributed by atoms with E-state index in [9.17, 15) is 14.4 Å². The van der Waals surface area contributed by atoms with Crippen LogP contribution in [0.4, 0.5) is 0 Å². The van der Waals surface area contributed by atoms with Crippen molar-refractivity contribution in [2.45, 2.75) is 264 Å². The molecule has 1 atom stereocenters. The second kappa shape index (κ2) is 52.5. The highest BCUT2D eigenvalue weighted by Gasteiger charge is 2.19. The molecule has 0 spiro atoms. The van der Waals surface area contributed by atoms with Crippen molar-refractivity contribution in [1.29, 1.82) is 0 Å². The molecule has 368 valence electrons. The molecule has 0 aromatic rings. The van der Waals surface area contributed by atoms with E-state index in [-0.39, 0.29) is 37.5 Å². The summed E-state index contributed by atoms with van der Waals surface area (Å²) >= 11 is 0. The van der Waals surface area contributed by atoms with Gasteiger partial charge in [-0.3, -0.25) is 14.4 Å². The van der Waals surface area contributed by atoms with E-state index in [0.717, 1.165) is 89.9 Å². The van der Waals surface area contributed by atoms with E-state index in [0.29, 0.717) is 19.3 Å². The van der Waals surface area contributed by atoms with Crippen LogP contribution in [0.3, 0.4) is 0 Å². The molecule has 64 heavy (non-hydrogen) atoms. The van der Waals surface area contributed by atoms with Crippen LogP contribution in [0.1, 0.15) is 258 Å². The molecule has 0 aliphatic carbocycles. The molecule has 0 saturated heterocycles. The van der Waals surface area contributed by atoms with Gasteiger partial charge in [0.15, 0.2) is 6.10 Å². The Morgan fingerprint density at radius 3 is 0.938 bits per heavy atom. The molecule has 0 amide bonds. The Morgan fingerprint density at radius 1 is 0.312 bits per heavy atom. The van der Waals surface area contributed by atoms with Crippen molar-refractivity contribution in [2.75, 3.05) is 13.2 Å². The largest absolute Gasteiger partial charge is 0.462 e. The van der Waals surface area contributed by atoms with E-state index in [2.05, 4.69) is 93.7 Å². The normalized spacial score (nSPS) is 12.6. The molecular weight excluding hydrogens is 793 g/mol. The highest BCUT2D eigenvalue weighted by Crippen LogP contribution is 2.15. The average Bonchev–Trinajstić information content (AvgIpc) is 3.29. The number of carbonyl (C=O) groups excluding carboxylic acids is 3. The van der Waals surface area contributed by atoms with Crippen LogP contribution in [0.5, 0.6) is 0 Å². The smallest absolute Gasteiger partial charge is 0.306 e. The van der Waals surface area contributed by atoms with Crippen LogP contribution < -0.4 is 0 Å². The maximum atomic E-state index is 12.8. The second-order valence-corrected chi connectivity index (χ2v) is 17.8. The van der Waals surface area contributed by atoms with Crippen molar-refractivity contribution >= 4 is 17.9 Å². The van der Waals surface area contributed by atoms with Gasteiger partial charge in [-0.15, -0.1) is 0 Å². The highest BCUT2D eigenvalue weighted by molar-refractivity contribution is 5.71. The molecule has 0 aromatic carbocycles. The predicted octanol–water partition coefficient (Wildman–Crippen LogP) is 17.8. The van der Waals surface area contributed by atoms with Crippen molar-refractivity contribution in [3.63, 3.8) is 0 Å². The zero-order valence-corrected chi connectivity index (χ0v) is 42.0. The molecule has 0 radical (unpaired) electrons. The van der Waals surface area contributed by atoms with Crippen LogP contribution in [0.15, 0.2) is 72.9 Å². The quantitative estimate of drug-likeness (QED) is 0.0262. The van der Waals surface area contributed by atoms with E-state index in [1.165, 1.54) is 122 Å². The maximum absolute atomic E-state index is 12.8. The van der Waals surface area contributed by atoms with Gasteiger partial charge in [0, 0.05) is 19.3 Å². The molecule has 0 bridgehead atoms. The molecule has 0 aromatic heterocycles. The van der Waals surface area contributed by atoms with Crippen molar-refractivity contribution < 1.29 is 28.6 Å². The summed E-state index contributed by atoms with van der Waals surface area (Å²) < 4.78 is 16.8. The van der Waals surface area contributed by atoms with Gasteiger partial charge >= 0.3 is 17.9 Å². The monoisotopic (exact) mass is 893 g/mol. The standard InChI is InChI=1S/C58H100O6/c1-4-7-10-13-16-19-22-25-28-29-31-33-36-39-42-45-48-51-57(60)63-54-55(53-62-56(59)50-47-44-41-38-35-32-27-24-21-18-15-12-9-6-3)64-58(61)52-49-46-43-40-37-34-30-26-23-20-17-14-11-8-5-2/h16-17,19-20,25-26,28,30-31,33,37,40,55H,4-15,18,21-24,27,29,32,34-36,38-39,41-54H2,1-3H3/b19-16-,20-17-,28-25-,30-26-,33-31-,40-37-/t55-/m1/s1. The summed E-state index contributed by atoms with van der Waals surface area (Å²) in [5, 5.41) is 0. The fraction of sp³-hybridized carbons (Fsp3) is 0.741. The first-order valence-corrected chi connectivity index (χ1v) is 26.9. The van der Waals surface area contributed by atoms with Gasteiger partial charge in [0.25, 0.3) is 0 Å². The molecular formula is C58H100O6. The summed E-state index contributed by atoms with van der Waals surface area (Å²) in [5.74, 6) is -0.953. The fourth-order valence-corrected chi connectivity index (χ4v) is 7.34. The van der Waals surface area contributed by atoms with E-state index in [4.69, 9.17) is 14.2 Å². The Balaban J connectivity index is 4.47. The number of allylic oxidation sites excluding steroid dienone is 12. The summed E-state index contributed by atoms with van der Waals surface area (Å²) in [6.45, 7) is 6.54. The molecule has 0 heterocycles. The molecule has 6 heteroatoms. The lowest BCUT2D eigenvalue weighted by atomic mass is 10.0. The number of esters is 3. The van der Waals surface area contributed by atoms with Crippen LogP contribution in [0.25, 0.3) is 0 Å². The van der Waals surface area contributed by atoms with Crippen LogP contribution in [0, 0.1) is 0 Å². The molecule has 0 fully saturated rings. The SMILES string of the molecule is CCCCC/C=C\C/C=C\C/C=C\CCCCCCC(=O)OC[C@@H](COC(=O)CCCCCCCCCCCCCCCC)OC(=O)CCCC/C=C\C/C=C\C/C=C\CCCCC. The summed E-state index contributed by atoms with van der Waals surface area (Å²) in [6, 6.07) is 0. The van der Waals surface area contributed by atoms with Crippen molar-refractivity contribution in [3.05, 3.63) is 72.9 Å². The van der Waals surface area contributed by atoms with E-state index in [1.54, 1.807) is 0 Å². The first-order chi connectivity index (χ1) is 31.5. The maximum Gasteiger partial charge on any atom is 0.306 e. The molecule has 0 unspecified atom stereocenters. The van der Waals surface area contributed by atoms with E-state index in [1.807, 2.05) is 0 Å². The van der Waals surface area contributed by atoms with Gasteiger partial charge < -0.3 is 14.2 Å². The number of hydrogen-bond donors (Lipinski definition) is 0. The lowest BCUT2D eigenvalue weighted by Gasteiger charge is -2.18. The summed E-state index contributed by atoms with van der Waals surface area (Å²) in [5.41, 5.74) is 0. The summed E-state index contributed by atoms with van der Waals surface area (Å²) in [6.07, 6.45) is 66.0. The molecule has 0 N–H and O–H groups in total. The van der Waals surface area contributed by atoms with Crippen molar-refractivity contribution in [3.8, 4) is 0 Å². The van der Waals surface area contributed by atoms with Crippen LogP contribution in [-0.4, -0.2) is 37.2 Å². The van der Waals surface area contributed by atoms with Gasteiger partial charge in [-0.1, -0.05) is 216 Å². The molecule has 6 nitrogen and oxygen atoms in total. The molecule has 0 saturated carbocycles. The summed E-state index contributed by atoms with van der Waals surface area (Å²) in [4.78, 5) is 38.0. The third-order valence-electron chi connectivity index (χ3n) is 11.4. The van der Waals surface area contributed by atoms with Crippen LogP contribution in [-0.2, 0) is 28.6 Å². The molecule has 0 aliphatic heterocycles. The average molecular weight is 893 g/mol. The Bertz CT molecular complexity index is 1210. The third-order valence-corrected chi connectivity index (χ3v) is 11.4. The predicted molar refractivity (Wildman–Crippen MR) is 274 cm³/mol. The Hall–Kier alpha value is -3.15. The van der Waals surface area contributed by atoms with Crippen molar-refractivity contribution in [1.82, 2.24) is 0 Å². The van der Waals surface area contributed by atoms with Gasteiger partial charge in [-0.25, -0.2) is 0 Å². The molecule has 0 aliphatic rings. The zero-order chi connectivity index (χ0) is 46.5. The minimum Gasteiger partial charge on any atom is -0.462 e. The number of ether oxygens (including phenoxy) is 3. The number of hydrogen-bond acceptors (Lipinski definition) is 6. The fourth-order valence-electron chi connectivity index (χ4n) is 7.34. The minimum atomic E-state index is -0.803. The Labute approximate surface area is 395 Å². The first-order valence-electron chi connectivity index (χ1n) is 26.9. The van der Waals surface area contributed by atoms with Gasteiger partial charge in [0.2, 0.25) is 0 Å².